The molecule has 1 atom stereocenters. The van der Waals surface area contributed by atoms with Crippen LogP contribution < -0.4 is 4.74 Å². The van der Waals surface area contributed by atoms with E-state index in [1.54, 1.807) is 4.90 Å². The highest BCUT2D eigenvalue weighted by atomic mass is 16.5. The van der Waals surface area contributed by atoms with E-state index in [0.717, 1.165) is 29.5 Å². The number of hydrogen-bond acceptors (Lipinski definition) is 5. The monoisotopic (exact) mass is 377 g/mol. The van der Waals surface area contributed by atoms with Crippen LogP contribution in [0.25, 0.3) is 11.4 Å². The Kier molecular flexibility index (Phi) is 5.10. The molecule has 0 N–H and O–H groups in total. The molecule has 0 unspecified atom stereocenters. The van der Waals surface area contributed by atoms with Gasteiger partial charge in [-0.05, 0) is 50.5 Å². The number of benzene rings is 2. The van der Waals surface area contributed by atoms with Crippen molar-refractivity contribution in [2.75, 3.05) is 13.2 Å². The fraction of sp³-hybridized carbons (Fsp3) is 0.318. The summed E-state index contributed by atoms with van der Waals surface area (Å²) >= 11 is 0. The van der Waals surface area contributed by atoms with Gasteiger partial charge >= 0.3 is 0 Å². The first-order valence-corrected chi connectivity index (χ1v) is 9.50. The third kappa shape index (κ3) is 3.91. The minimum Gasteiger partial charge on any atom is -0.484 e. The van der Waals surface area contributed by atoms with Crippen LogP contribution in [0.4, 0.5) is 0 Å². The smallest absolute Gasteiger partial charge is 0.261 e. The summed E-state index contributed by atoms with van der Waals surface area (Å²) in [7, 11) is 0. The number of ether oxygens (including phenoxy) is 1. The first kappa shape index (κ1) is 18.2. The molecule has 4 rings (SSSR count). The second-order valence-corrected chi connectivity index (χ2v) is 7.18. The highest BCUT2D eigenvalue weighted by molar-refractivity contribution is 5.78. The molecular formula is C22H23N3O3. The Bertz CT molecular complexity index is 982. The van der Waals surface area contributed by atoms with Gasteiger partial charge in [-0.15, -0.1) is 0 Å². The van der Waals surface area contributed by atoms with E-state index in [2.05, 4.69) is 10.1 Å². The highest BCUT2D eigenvalue weighted by Gasteiger charge is 2.34. The lowest BCUT2D eigenvalue weighted by Gasteiger charge is -2.21. The Morgan fingerprint density at radius 1 is 1.18 bits per heavy atom. The van der Waals surface area contributed by atoms with Crippen LogP contribution in [0.3, 0.4) is 0 Å². The Balaban J connectivity index is 1.45. The first-order chi connectivity index (χ1) is 13.6. The van der Waals surface area contributed by atoms with Crippen molar-refractivity contribution in [1.29, 1.82) is 0 Å². The predicted octanol–water partition coefficient (Wildman–Crippen LogP) is 4.10. The second-order valence-electron chi connectivity index (χ2n) is 7.18. The van der Waals surface area contributed by atoms with Crippen LogP contribution in [0, 0.1) is 13.8 Å². The number of aromatic nitrogens is 2. The quantitative estimate of drug-likeness (QED) is 0.670. The Hall–Kier alpha value is -3.15. The summed E-state index contributed by atoms with van der Waals surface area (Å²) in [6.45, 7) is 4.68. The van der Waals surface area contributed by atoms with Crippen LogP contribution in [0.15, 0.2) is 53.1 Å². The van der Waals surface area contributed by atoms with E-state index in [-0.39, 0.29) is 18.6 Å². The minimum absolute atomic E-state index is 0.00116. The average molecular weight is 377 g/mol. The molecule has 28 heavy (non-hydrogen) atoms. The molecule has 0 bridgehead atoms. The van der Waals surface area contributed by atoms with E-state index in [0.29, 0.717) is 24.0 Å². The summed E-state index contributed by atoms with van der Waals surface area (Å²) in [5, 5.41) is 4.11. The predicted molar refractivity (Wildman–Crippen MR) is 105 cm³/mol. The summed E-state index contributed by atoms with van der Waals surface area (Å²) in [6.07, 6.45) is 1.72. The van der Waals surface area contributed by atoms with E-state index in [1.807, 2.05) is 62.4 Å². The third-order valence-electron chi connectivity index (χ3n) is 4.93. The molecule has 2 aromatic carbocycles. The second kappa shape index (κ2) is 7.84. The minimum atomic E-state index is -0.195. The number of amides is 1. The van der Waals surface area contributed by atoms with Crippen molar-refractivity contribution in [3.05, 3.63) is 65.5 Å². The zero-order chi connectivity index (χ0) is 19.5. The van der Waals surface area contributed by atoms with Gasteiger partial charge in [0.2, 0.25) is 11.7 Å². The van der Waals surface area contributed by atoms with E-state index < -0.39 is 0 Å². The van der Waals surface area contributed by atoms with E-state index in [9.17, 15) is 4.79 Å². The van der Waals surface area contributed by atoms with Crippen molar-refractivity contribution >= 4 is 5.91 Å². The van der Waals surface area contributed by atoms with E-state index in [1.165, 1.54) is 0 Å². The molecule has 1 aliphatic rings. The SMILES string of the molecule is Cc1cccc(OCC(=O)N2CCC[C@@H]2c2nc(-c3cccc(C)c3)no2)c1. The largest absolute Gasteiger partial charge is 0.484 e. The van der Waals surface area contributed by atoms with E-state index >= 15 is 0 Å². The maximum Gasteiger partial charge on any atom is 0.261 e. The summed E-state index contributed by atoms with van der Waals surface area (Å²) in [5.41, 5.74) is 3.14. The molecular weight excluding hydrogens is 354 g/mol. The number of hydrogen-bond donors (Lipinski definition) is 0. The zero-order valence-electron chi connectivity index (χ0n) is 16.1. The topological polar surface area (TPSA) is 68.5 Å². The van der Waals surface area contributed by atoms with Gasteiger partial charge < -0.3 is 14.2 Å². The van der Waals surface area contributed by atoms with Gasteiger partial charge in [-0.1, -0.05) is 41.1 Å². The lowest BCUT2D eigenvalue weighted by atomic mass is 10.1. The first-order valence-electron chi connectivity index (χ1n) is 9.50. The number of carbonyl (C=O) groups excluding carboxylic acids is 1. The Morgan fingerprint density at radius 3 is 2.75 bits per heavy atom. The van der Waals surface area contributed by atoms with Crippen molar-refractivity contribution in [2.45, 2.75) is 32.7 Å². The average Bonchev–Trinajstić information content (AvgIpc) is 3.35. The number of likely N-dealkylation sites (tertiary alicyclic amines) is 1. The molecule has 0 aliphatic carbocycles. The third-order valence-corrected chi connectivity index (χ3v) is 4.93. The highest BCUT2D eigenvalue weighted by Crippen LogP contribution is 2.32. The molecule has 1 amide bonds. The Morgan fingerprint density at radius 2 is 1.96 bits per heavy atom. The summed E-state index contributed by atoms with van der Waals surface area (Å²) in [5.74, 6) is 1.66. The molecule has 6 heteroatoms. The number of aryl methyl sites for hydroxylation is 2. The molecule has 1 fully saturated rings. The van der Waals surface area contributed by atoms with Crippen LogP contribution in [0.2, 0.25) is 0 Å². The zero-order valence-corrected chi connectivity index (χ0v) is 16.1. The van der Waals surface area contributed by atoms with Crippen LogP contribution in [-0.2, 0) is 4.79 Å². The summed E-state index contributed by atoms with van der Waals surface area (Å²) in [6, 6.07) is 15.4. The number of carbonyl (C=O) groups is 1. The normalized spacial score (nSPS) is 16.4. The van der Waals surface area contributed by atoms with Crippen LogP contribution in [-0.4, -0.2) is 34.1 Å². The van der Waals surface area contributed by atoms with Crippen molar-refractivity contribution in [3.63, 3.8) is 0 Å². The molecule has 144 valence electrons. The molecule has 0 radical (unpaired) electrons. The van der Waals surface area contributed by atoms with Crippen molar-refractivity contribution < 1.29 is 14.1 Å². The summed E-state index contributed by atoms with van der Waals surface area (Å²) < 4.78 is 11.2. The van der Waals surface area contributed by atoms with Gasteiger partial charge in [0.1, 0.15) is 11.8 Å². The maximum absolute atomic E-state index is 12.7. The van der Waals surface area contributed by atoms with Gasteiger partial charge in [-0.2, -0.15) is 4.98 Å². The molecule has 3 aromatic rings. The van der Waals surface area contributed by atoms with Gasteiger partial charge in [0, 0.05) is 12.1 Å². The van der Waals surface area contributed by atoms with Crippen molar-refractivity contribution in [1.82, 2.24) is 15.0 Å². The van der Waals surface area contributed by atoms with E-state index in [4.69, 9.17) is 9.26 Å². The van der Waals surface area contributed by atoms with Gasteiger partial charge in [-0.25, -0.2) is 0 Å². The lowest BCUT2D eigenvalue weighted by Crippen LogP contribution is -2.34. The Labute approximate surface area is 164 Å². The van der Waals surface area contributed by atoms with Crippen molar-refractivity contribution in [3.8, 4) is 17.1 Å². The van der Waals surface area contributed by atoms with Crippen LogP contribution in [0.1, 0.15) is 35.9 Å². The molecule has 0 saturated carbocycles. The van der Waals surface area contributed by atoms with Gasteiger partial charge in [0.15, 0.2) is 6.61 Å². The number of nitrogens with zero attached hydrogens (tertiary/aromatic N) is 3. The fourth-order valence-electron chi connectivity index (χ4n) is 3.53. The van der Waals surface area contributed by atoms with Gasteiger partial charge in [-0.3, -0.25) is 4.79 Å². The standard InChI is InChI=1S/C22H23N3O3/c1-15-6-3-8-17(12-15)21-23-22(28-24-21)19-10-5-11-25(19)20(26)14-27-18-9-4-7-16(2)13-18/h3-4,6-9,12-13,19H,5,10-11,14H2,1-2H3/t19-/m1/s1. The van der Waals surface area contributed by atoms with Crippen LogP contribution in [0.5, 0.6) is 5.75 Å². The van der Waals surface area contributed by atoms with Crippen molar-refractivity contribution in [2.24, 2.45) is 0 Å². The van der Waals surface area contributed by atoms with Gasteiger partial charge in [0.25, 0.3) is 5.91 Å². The lowest BCUT2D eigenvalue weighted by molar-refractivity contribution is -0.134. The fourth-order valence-corrected chi connectivity index (χ4v) is 3.53. The molecule has 1 aromatic heterocycles. The van der Waals surface area contributed by atoms with Crippen LogP contribution >= 0.6 is 0 Å². The number of rotatable bonds is 5. The molecule has 2 heterocycles. The summed E-state index contributed by atoms with van der Waals surface area (Å²) in [4.78, 5) is 19.1. The molecule has 0 spiro atoms. The molecule has 1 saturated heterocycles. The maximum atomic E-state index is 12.7. The molecule has 1 aliphatic heterocycles. The van der Waals surface area contributed by atoms with Gasteiger partial charge in [0.05, 0.1) is 0 Å². The molecule has 6 nitrogen and oxygen atoms in total.